The first kappa shape index (κ1) is 35.5. The molecule has 1 heterocycles. The molecule has 3 aliphatic carbocycles. The molecule has 50 heavy (non-hydrogen) atoms. The molecule has 266 valence electrons. The van der Waals surface area contributed by atoms with Crippen LogP contribution in [-0.4, -0.2) is 125 Å². The number of allylic oxidation sites excluding steroid dienone is 1. The van der Waals surface area contributed by atoms with E-state index in [9.17, 15) is 49.5 Å². The minimum Gasteiger partial charge on any atom is -0.507 e. The fourth-order valence-electron chi connectivity index (χ4n) is 8.17. The van der Waals surface area contributed by atoms with E-state index in [1.54, 1.807) is 6.92 Å². The van der Waals surface area contributed by atoms with E-state index in [0.717, 1.165) is 26.4 Å². The summed E-state index contributed by atoms with van der Waals surface area (Å²) in [5.74, 6) is -7.42. The molecule has 4 aliphatic rings. The predicted molar refractivity (Wildman–Crippen MR) is 168 cm³/mol. The number of aliphatic hydroxyl groups is 3. The number of ether oxygens (including phenoxy) is 5. The van der Waals surface area contributed by atoms with Crippen molar-refractivity contribution < 1.29 is 73.2 Å². The summed E-state index contributed by atoms with van der Waals surface area (Å²) >= 11 is 0. The number of esters is 1. The Morgan fingerprint density at radius 1 is 0.940 bits per heavy atom. The molecule has 6 rings (SSSR count). The summed E-state index contributed by atoms with van der Waals surface area (Å²) < 4.78 is 27.0. The molecule has 0 unspecified atom stereocenters. The number of phenolic OH excluding ortho intramolecular Hbond substituents is 2. The average Bonchev–Trinajstić information content (AvgIpc) is 3.05. The number of carbonyl (C=O) groups is 5. The Bertz CT molecular complexity index is 1910. The van der Waals surface area contributed by atoms with Crippen LogP contribution in [0.4, 0.5) is 0 Å². The molecule has 0 saturated carbocycles. The SMILES string of the molecule is COC(=O)c1c(C)cc2c(c1O)[C@]1(O)C(=O)c3cc4c(c(O)c3C(=O)[C@]1(OC)[C@H](O)C2)C(=O)C=C(C[C@@H]1O[C@H](C)[C@@H](OC)[C@H](O)[C@@H]1OC)C4=O. The van der Waals surface area contributed by atoms with Gasteiger partial charge in [-0.1, -0.05) is 6.07 Å². The zero-order valence-electron chi connectivity index (χ0n) is 27.9. The normalized spacial score (nSPS) is 31.7. The summed E-state index contributed by atoms with van der Waals surface area (Å²) in [5, 5.41) is 57.6. The highest BCUT2D eigenvalue weighted by Gasteiger charge is 2.72. The average molecular weight is 697 g/mol. The Morgan fingerprint density at radius 3 is 2.20 bits per heavy atom. The van der Waals surface area contributed by atoms with Gasteiger partial charge in [0.1, 0.15) is 35.4 Å². The topological polar surface area (TPSA) is 233 Å². The van der Waals surface area contributed by atoms with Gasteiger partial charge in [0.2, 0.25) is 11.6 Å². The van der Waals surface area contributed by atoms with Crippen LogP contribution in [0.2, 0.25) is 0 Å². The van der Waals surface area contributed by atoms with E-state index in [2.05, 4.69) is 0 Å². The van der Waals surface area contributed by atoms with E-state index in [0.29, 0.717) is 0 Å². The lowest BCUT2D eigenvalue weighted by Gasteiger charge is -2.52. The number of hydrogen-bond acceptors (Lipinski definition) is 15. The summed E-state index contributed by atoms with van der Waals surface area (Å²) in [7, 11) is 4.69. The number of rotatable bonds is 6. The summed E-state index contributed by atoms with van der Waals surface area (Å²) in [6.07, 6.45) is -6.14. The van der Waals surface area contributed by atoms with Crippen LogP contribution < -0.4 is 0 Å². The van der Waals surface area contributed by atoms with Crippen molar-refractivity contribution in [1.82, 2.24) is 0 Å². The Hall–Kier alpha value is -4.35. The zero-order chi connectivity index (χ0) is 36.8. The van der Waals surface area contributed by atoms with Crippen molar-refractivity contribution in [2.75, 3.05) is 28.4 Å². The van der Waals surface area contributed by atoms with E-state index in [-0.39, 0.29) is 23.1 Å². The number of aryl methyl sites for hydroxylation is 1. The van der Waals surface area contributed by atoms with Crippen molar-refractivity contribution in [3.05, 3.63) is 68.3 Å². The van der Waals surface area contributed by atoms with Crippen molar-refractivity contribution in [3.63, 3.8) is 0 Å². The van der Waals surface area contributed by atoms with Crippen LogP contribution in [-0.2, 0) is 35.7 Å². The van der Waals surface area contributed by atoms with Crippen LogP contribution in [0.15, 0.2) is 23.8 Å². The second kappa shape index (κ2) is 12.2. The molecule has 15 heteroatoms. The second-order valence-electron chi connectivity index (χ2n) is 12.9. The van der Waals surface area contributed by atoms with Gasteiger partial charge in [-0.15, -0.1) is 0 Å². The van der Waals surface area contributed by atoms with Crippen molar-refractivity contribution in [2.24, 2.45) is 0 Å². The summed E-state index contributed by atoms with van der Waals surface area (Å²) in [6, 6.07) is 2.22. The molecule has 0 amide bonds. The van der Waals surface area contributed by atoms with Crippen LogP contribution >= 0.6 is 0 Å². The third kappa shape index (κ3) is 4.45. The van der Waals surface area contributed by atoms with Gasteiger partial charge in [0.25, 0.3) is 0 Å². The molecule has 0 bridgehead atoms. The molecule has 5 N–H and O–H groups in total. The molecular formula is C35H36O15. The summed E-state index contributed by atoms with van der Waals surface area (Å²) in [5.41, 5.74) is -9.67. The zero-order valence-corrected chi connectivity index (χ0v) is 27.9. The number of benzene rings is 2. The van der Waals surface area contributed by atoms with Crippen LogP contribution in [0.1, 0.15) is 81.8 Å². The molecule has 1 fully saturated rings. The monoisotopic (exact) mass is 696 g/mol. The maximum atomic E-state index is 14.6. The lowest BCUT2D eigenvalue weighted by Crippen LogP contribution is -2.73. The lowest BCUT2D eigenvalue weighted by atomic mass is 9.56. The first-order valence-corrected chi connectivity index (χ1v) is 15.6. The van der Waals surface area contributed by atoms with Crippen molar-refractivity contribution >= 4 is 29.1 Å². The molecule has 2 aromatic rings. The Labute approximate surface area is 285 Å². The number of aliphatic hydroxyl groups excluding tert-OH is 2. The van der Waals surface area contributed by atoms with E-state index >= 15 is 0 Å². The van der Waals surface area contributed by atoms with Gasteiger partial charge in [0, 0.05) is 56.4 Å². The second-order valence-corrected chi connectivity index (χ2v) is 12.9. The number of fused-ring (bicyclic) bond motifs is 5. The van der Waals surface area contributed by atoms with Gasteiger partial charge in [-0.05, 0) is 37.1 Å². The van der Waals surface area contributed by atoms with Gasteiger partial charge >= 0.3 is 5.97 Å². The van der Waals surface area contributed by atoms with Gasteiger partial charge < -0.3 is 49.2 Å². The van der Waals surface area contributed by atoms with Crippen LogP contribution in [0, 0.1) is 6.92 Å². The summed E-state index contributed by atoms with van der Waals surface area (Å²) in [4.78, 5) is 69.2. The van der Waals surface area contributed by atoms with Gasteiger partial charge in [0.15, 0.2) is 22.8 Å². The molecule has 1 aliphatic heterocycles. The van der Waals surface area contributed by atoms with Gasteiger partial charge in [-0.2, -0.15) is 0 Å². The van der Waals surface area contributed by atoms with Crippen LogP contribution in [0.5, 0.6) is 11.5 Å². The van der Waals surface area contributed by atoms with E-state index in [4.69, 9.17) is 23.7 Å². The molecule has 0 radical (unpaired) electrons. The van der Waals surface area contributed by atoms with E-state index in [1.165, 1.54) is 27.2 Å². The van der Waals surface area contributed by atoms with Crippen molar-refractivity contribution in [1.29, 1.82) is 0 Å². The number of methoxy groups -OCH3 is 4. The molecule has 0 spiro atoms. The van der Waals surface area contributed by atoms with Crippen LogP contribution in [0.25, 0.3) is 0 Å². The van der Waals surface area contributed by atoms with Crippen molar-refractivity contribution in [3.8, 4) is 11.5 Å². The van der Waals surface area contributed by atoms with Crippen molar-refractivity contribution in [2.45, 2.75) is 74.5 Å². The quantitative estimate of drug-likeness (QED) is 0.261. The number of carbonyl (C=O) groups excluding carboxylic acids is 5. The van der Waals surface area contributed by atoms with Gasteiger partial charge in [-0.3, -0.25) is 19.2 Å². The number of ketones is 4. The third-order valence-corrected chi connectivity index (χ3v) is 10.5. The van der Waals surface area contributed by atoms with E-state index < -0.39 is 128 Å². The smallest absolute Gasteiger partial charge is 0.341 e. The fraction of sp³-hybridized carbons (Fsp3) is 0.457. The minimum absolute atomic E-state index is 0.00545. The number of Topliss-reactive ketones (excluding diaryl/α,β-unsaturated/α-hetero) is 3. The molecule has 2 aromatic carbocycles. The fourth-order valence-corrected chi connectivity index (χ4v) is 8.17. The molecule has 1 saturated heterocycles. The number of aromatic hydroxyl groups is 2. The third-order valence-electron chi connectivity index (χ3n) is 10.5. The Balaban J connectivity index is 1.51. The molecule has 0 aromatic heterocycles. The van der Waals surface area contributed by atoms with E-state index in [1.807, 2.05) is 0 Å². The highest BCUT2D eigenvalue weighted by molar-refractivity contribution is 6.31. The highest BCUT2D eigenvalue weighted by Crippen LogP contribution is 2.56. The number of phenols is 2. The van der Waals surface area contributed by atoms with Gasteiger partial charge in [-0.25, -0.2) is 4.79 Å². The Kier molecular flexibility index (Phi) is 8.63. The molecular weight excluding hydrogens is 660 g/mol. The van der Waals surface area contributed by atoms with Gasteiger partial charge in [0.05, 0.1) is 36.5 Å². The number of hydrogen-bond donors (Lipinski definition) is 5. The predicted octanol–water partition coefficient (Wildman–Crippen LogP) is 0.636. The Morgan fingerprint density at radius 2 is 1.60 bits per heavy atom. The minimum atomic E-state index is -3.22. The first-order chi connectivity index (χ1) is 23.6. The standard InChI is InChI=1S/C35H36O15/c1-12-7-14-10-20(37)35(49-6)32(43)23-17(31(42)34(35,45)24(14)27(40)21(12)33(44)48-5)11-16-22(26(23)39)18(36)8-15(25(16)38)9-19-30(47-4)28(41)29(46-3)13(2)50-19/h7-8,11,13,19-20,28-30,37,39-41,45H,9-10H2,1-6H3/t13-,19+,20-,28+,29-,30-,34+,35-/m1/s1. The highest BCUT2D eigenvalue weighted by atomic mass is 16.6. The van der Waals surface area contributed by atoms with Crippen LogP contribution in [0.3, 0.4) is 0 Å². The maximum absolute atomic E-state index is 14.6. The molecule has 15 nitrogen and oxygen atoms in total. The maximum Gasteiger partial charge on any atom is 0.341 e. The first-order valence-electron chi connectivity index (χ1n) is 15.6. The summed E-state index contributed by atoms with van der Waals surface area (Å²) in [6.45, 7) is 3.10. The molecule has 8 atom stereocenters. The largest absolute Gasteiger partial charge is 0.507 e. The lowest BCUT2D eigenvalue weighted by molar-refractivity contribution is -0.230.